The number of amides is 1. The van der Waals surface area contributed by atoms with E-state index in [-0.39, 0.29) is 6.09 Å². The molecule has 3 rings (SSSR count). The van der Waals surface area contributed by atoms with Crippen molar-refractivity contribution in [3.05, 3.63) is 34.9 Å². The molecule has 0 N–H and O–H groups in total. The van der Waals surface area contributed by atoms with E-state index in [1.807, 2.05) is 25.7 Å². The van der Waals surface area contributed by atoms with E-state index in [2.05, 4.69) is 36.9 Å². The molecule has 5 heteroatoms. The average molecular weight is 401 g/mol. The van der Waals surface area contributed by atoms with E-state index < -0.39 is 5.60 Å². The molecule has 1 amide bonds. The third kappa shape index (κ3) is 5.53. The Kier molecular flexibility index (Phi) is 6.89. The molecule has 1 saturated heterocycles. The highest BCUT2D eigenvalue weighted by Crippen LogP contribution is 2.33. The van der Waals surface area contributed by atoms with Crippen molar-refractivity contribution in [1.29, 1.82) is 0 Å². The Morgan fingerprint density at radius 2 is 1.90 bits per heavy atom. The van der Waals surface area contributed by atoms with Crippen LogP contribution in [0.2, 0.25) is 0 Å². The number of hydrogen-bond donors (Lipinski definition) is 0. The van der Waals surface area contributed by atoms with Crippen LogP contribution in [0.1, 0.15) is 58.1 Å². The predicted molar refractivity (Wildman–Crippen MR) is 118 cm³/mol. The first-order valence-electron chi connectivity index (χ1n) is 10.9. The maximum Gasteiger partial charge on any atom is 0.410 e. The van der Waals surface area contributed by atoms with E-state index in [9.17, 15) is 4.79 Å². The Balaban J connectivity index is 1.85. The topological polar surface area (TPSA) is 42.0 Å². The van der Waals surface area contributed by atoms with Crippen LogP contribution in [0.4, 0.5) is 10.5 Å². The highest BCUT2D eigenvalue weighted by atomic mass is 16.6. The van der Waals surface area contributed by atoms with Gasteiger partial charge in [0.1, 0.15) is 5.60 Å². The van der Waals surface area contributed by atoms with Gasteiger partial charge in [-0.2, -0.15) is 0 Å². The highest BCUT2D eigenvalue weighted by Gasteiger charge is 2.28. The fourth-order valence-electron chi connectivity index (χ4n) is 4.14. The van der Waals surface area contributed by atoms with Crippen LogP contribution in [0.25, 0.3) is 5.57 Å². The number of benzene rings is 1. The Hall–Kier alpha value is -2.01. The first-order valence-corrected chi connectivity index (χ1v) is 10.9. The van der Waals surface area contributed by atoms with Gasteiger partial charge in [-0.05, 0) is 69.4 Å². The van der Waals surface area contributed by atoms with Gasteiger partial charge in [-0.3, -0.25) is 0 Å². The fraction of sp³-hybridized carbons (Fsp3) is 0.625. The molecule has 160 valence electrons. The van der Waals surface area contributed by atoms with E-state index in [1.54, 1.807) is 0 Å². The van der Waals surface area contributed by atoms with Crippen LogP contribution in [-0.4, -0.2) is 56.0 Å². The number of aryl methyl sites for hydroxylation is 1. The third-order valence-corrected chi connectivity index (χ3v) is 5.57. The third-order valence-electron chi connectivity index (χ3n) is 5.57. The summed E-state index contributed by atoms with van der Waals surface area (Å²) < 4.78 is 11.1. The molecule has 2 aliphatic rings. The van der Waals surface area contributed by atoms with Crippen molar-refractivity contribution in [2.24, 2.45) is 0 Å². The number of ether oxygens (including phenoxy) is 2. The molecular weight excluding hydrogens is 364 g/mol. The number of rotatable bonds is 4. The zero-order chi connectivity index (χ0) is 21.0. The molecule has 0 aliphatic carbocycles. The van der Waals surface area contributed by atoms with E-state index in [0.29, 0.717) is 6.54 Å². The normalized spacial score (nSPS) is 18.2. The van der Waals surface area contributed by atoms with Crippen LogP contribution >= 0.6 is 0 Å². The van der Waals surface area contributed by atoms with Gasteiger partial charge < -0.3 is 19.3 Å². The first kappa shape index (κ1) is 21.7. The minimum Gasteiger partial charge on any atom is -0.444 e. The molecule has 1 aromatic rings. The smallest absolute Gasteiger partial charge is 0.410 e. The van der Waals surface area contributed by atoms with Gasteiger partial charge in [0.25, 0.3) is 0 Å². The summed E-state index contributed by atoms with van der Waals surface area (Å²) in [6.45, 7) is 15.0. The molecule has 0 radical (unpaired) electrons. The van der Waals surface area contributed by atoms with Crippen molar-refractivity contribution >= 4 is 17.4 Å². The van der Waals surface area contributed by atoms with Gasteiger partial charge in [0.15, 0.2) is 0 Å². The number of carbonyl (C=O) groups excluding carboxylic acids is 1. The predicted octanol–water partition coefficient (Wildman–Crippen LogP) is 5.03. The zero-order valence-corrected chi connectivity index (χ0v) is 18.7. The Bertz CT molecular complexity index is 758. The van der Waals surface area contributed by atoms with E-state index >= 15 is 0 Å². The van der Waals surface area contributed by atoms with Gasteiger partial charge in [-0.1, -0.05) is 25.0 Å². The van der Waals surface area contributed by atoms with Crippen LogP contribution < -0.4 is 4.90 Å². The molecule has 5 nitrogen and oxygen atoms in total. The Morgan fingerprint density at radius 1 is 1.17 bits per heavy atom. The van der Waals surface area contributed by atoms with Crippen molar-refractivity contribution in [2.45, 2.75) is 59.5 Å². The number of nitrogens with zero attached hydrogens (tertiary/aromatic N) is 2. The first-order chi connectivity index (χ1) is 13.8. The molecule has 0 aromatic heterocycles. The maximum absolute atomic E-state index is 12.7. The second-order valence-corrected chi connectivity index (χ2v) is 9.08. The minimum absolute atomic E-state index is 0.215. The number of morpholine rings is 1. The zero-order valence-electron chi connectivity index (χ0n) is 18.7. The van der Waals surface area contributed by atoms with Gasteiger partial charge in [0, 0.05) is 31.9 Å². The minimum atomic E-state index is -0.472. The van der Waals surface area contributed by atoms with Crippen LogP contribution in [0.15, 0.2) is 23.8 Å². The van der Waals surface area contributed by atoms with Crippen LogP contribution in [0.3, 0.4) is 0 Å². The van der Waals surface area contributed by atoms with Gasteiger partial charge in [0.2, 0.25) is 0 Å². The van der Waals surface area contributed by atoms with E-state index in [0.717, 1.165) is 52.1 Å². The van der Waals surface area contributed by atoms with Crippen molar-refractivity contribution in [3.8, 4) is 0 Å². The van der Waals surface area contributed by atoms with Gasteiger partial charge >= 0.3 is 6.09 Å². The number of anilines is 1. The lowest BCUT2D eigenvalue weighted by molar-refractivity contribution is 0.0270. The molecular formula is C24H36N2O3. The summed E-state index contributed by atoms with van der Waals surface area (Å²) in [6, 6.07) is 6.74. The van der Waals surface area contributed by atoms with E-state index in [4.69, 9.17) is 9.47 Å². The summed E-state index contributed by atoms with van der Waals surface area (Å²) in [4.78, 5) is 16.9. The molecule has 0 bridgehead atoms. The van der Waals surface area contributed by atoms with E-state index in [1.165, 1.54) is 28.0 Å². The molecule has 2 aliphatic heterocycles. The summed E-state index contributed by atoms with van der Waals surface area (Å²) in [5.41, 5.74) is 6.10. The second-order valence-electron chi connectivity index (χ2n) is 9.08. The standard InChI is InChI=1S/C24H36N2O3/c1-6-7-19-10-11-26(23(27)29-24(3,4)5)17-22(19)21-9-8-20(16-18(21)2)25-12-14-28-15-13-25/h8-9,16H,6-7,10-15,17H2,1-5H3. The molecule has 0 spiro atoms. The van der Waals surface area contributed by atoms with Crippen LogP contribution in [0.5, 0.6) is 0 Å². The quantitative estimate of drug-likeness (QED) is 0.711. The summed E-state index contributed by atoms with van der Waals surface area (Å²) in [5, 5.41) is 0. The molecule has 0 saturated carbocycles. The second kappa shape index (κ2) is 9.21. The van der Waals surface area contributed by atoms with Crippen LogP contribution in [0, 0.1) is 6.92 Å². The molecule has 1 fully saturated rings. The summed E-state index contributed by atoms with van der Waals surface area (Å²) >= 11 is 0. The average Bonchev–Trinajstić information content (AvgIpc) is 2.68. The monoisotopic (exact) mass is 400 g/mol. The van der Waals surface area contributed by atoms with Gasteiger partial charge in [-0.25, -0.2) is 4.79 Å². The summed E-state index contributed by atoms with van der Waals surface area (Å²) in [6.07, 6.45) is 2.92. The number of carbonyl (C=O) groups is 1. The lowest BCUT2D eigenvalue weighted by atomic mass is 9.89. The van der Waals surface area contributed by atoms with Crippen molar-refractivity contribution in [2.75, 3.05) is 44.3 Å². The fourth-order valence-corrected chi connectivity index (χ4v) is 4.14. The molecule has 1 aromatic carbocycles. The van der Waals surface area contributed by atoms with Crippen molar-refractivity contribution in [1.82, 2.24) is 4.90 Å². The summed E-state index contributed by atoms with van der Waals surface area (Å²) in [5.74, 6) is 0. The largest absolute Gasteiger partial charge is 0.444 e. The molecule has 0 unspecified atom stereocenters. The number of hydrogen-bond acceptors (Lipinski definition) is 4. The van der Waals surface area contributed by atoms with Gasteiger partial charge in [0.05, 0.1) is 13.2 Å². The van der Waals surface area contributed by atoms with Gasteiger partial charge in [-0.15, -0.1) is 0 Å². The van der Waals surface area contributed by atoms with Crippen molar-refractivity contribution < 1.29 is 14.3 Å². The lowest BCUT2D eigenvalue weighted by Crippen LogP contribution is -2.40. The maximum atomic E-state index is 12.7. The SMILES string of the molecule is CCCC1=C(c2ccc(N3CCOCC3)cc2C)CN(C(=O)OC(C)(C)C)CC1. The Labute approximate surface area is 175 Å². The molecule has 29 heavy (non-hydrogen) atoms. The summed E-state index contributed by atoms with van der Waals surface area (Å²) in [7, 11) is 0. The highest BCUT2D eigenvalue weighted by molar-refractivity contribution is 5.79. The van der Waals surface area contributed by atoms with Crippen LogP contribution in [-0.2, 0) is 9.47 Å². The Morgan fingerprint density at radius 3 is 2.52 bits per heavy atom. The lowest BCUT2D eigenvalue weighted by Gasteiger charge is -2.34. The molecule has 0 atom stereocenters. The van der Waals surface area contributed by atoms with Crippen molar-refractivity contribution in [3.63, 3.8) is 0 Å². The molecule has 2 heterocycles.